The minimum atomic E-state index is -0.866. The monoisotopic (exact) mass is 499 g/mol. The minimum absolute atomic E-state index is 0.0212. The first-order valence-corrected chi connectivity index (χ1v) is 12.2. The van der Waals surface area contributed by atoms with Crippen molar-refractivity contribution >= 4 is 29.1 Å². The van der Waals surface area contributed by atoms with Gasteiger partial charge >= 0.3 is 5.97 Å². The van der Waals surface area contributed by atoms with E-state index in [9.17, 15) is 19.5 Å². The van der Waals surface area contributed by atoms with Crippen LogP contribution in [0.25, 0.3) is 5.76 Å². The quantitative estimate of drug-likeness (QED) is 0.186. The van der Waals surface area contributed by atoms with E-state index in [4.69, 9.17) is 9.47 Å². The summed E-state index contributed by atoms with van der Waals surface area (Å²) in [6, 6.07) is 21.3. The van der Waals surface area contributed by atoms with Crippen LogP contribution < -0.4 is 9.64 Å². The van der Waals surface area contributed by atoms with E-state index in [0.29, 0.717) is 34.7 Å². The van der Waals surface area contributed by atoms with Gasteiger partial charge in [0.2, 0.25) is 0 Å². The second kappa shape index (κ2) is 11.1. The first kappa shape index (κ1) is 25.7. The molecule has 7 heteroatoms. The molecule has 1 fully saturated rings. The van der Waals surface area contributed by atoms with Crippen LogP contribution in [0.2, 0.25) is 0 Å². The molecule has 3 aromatic carbocycles. The van der Waals surface area contributed by atoms with Crippen molar-refractivity contribution in [2.45, 2.75) is 39.3 Å². The summed E-state index contributed by atoms with van der Waals surface area (Å²) in [6.45, 7) is 6.03. The number of carbonyl (C=O) groups is 3. The number of ether oxygens (including phenoxy) is 2. The number of hydrogen-bond donors (Lipinski definition) is 1. The molecule has 1 amide bonds. The molecule has 190 valence electrons. The van der Waals surface area contributed by atoms with Crippen molar-refractivity contribution < 1.29 is 29.0 Å². The predicted molar refractivity (Wildman–Crippen MR) is 140 cm³/mol. The lowest BCUT2D eigenvalue weighted by Gasteiger charge is -2.25. The van der Waals surface area contributed by atoms with Crippen LogP contribution >= 0.6 is 0 Å². The number of hydrogen-bond acceptors (Lipinski definition) is 6. The van der Waals surface area contributed by atoms with Crippen molar-refractivity contribution in [3.8, 4) is 5.75 Å². The topological polar surface area (TPSA) is 93.1 Å². The molecule has 1 saturated heterocycles. The van der Waals surface area contributed by atoms with Gasteiger partial charge in [0.1, 0.15) is 11.5 Å². The molecule has 3 aromatic rings. The van der Waals surface area contributed by atoms with Gasteiger partial charge in [0.15, 0.2) is 0 Å². The van der Waals surface area contributed by atoms with Crippen LogP contribution in [0.1, 0.15) is 54.7 Å². The molecule has 1 aliphatic heterocycles. The van der Waals surface area contributed by atoms with E-state index in [-0.39, 0.29) is 17.4 Å². The fourth-order valence-corrected chi connectivity index (χ4v) is 4.20. The van der Waals surface area contributed by atoms with Crippen LogP contribution in [0.4, 0.5) is 5.69 Å². The van der Waals surface area contributed by atoms with Crippen LogP contribution in [-0.4, -0.2) is 35.5 Å². The van der Waals surface area contributed by atoms with Crippen LogP contribution in [-0.2, 0) is 14.3 Å². The average molecular weight is 500 g/mol. The van der Waals surface area contributed by atoms with Gasteiger partial charge in [-0.25, -0.2) is 4.79 Å². The number of ketones is 1. The summed E-state index contributed by atoms with van der Waals surface area (Å²) in [4.78, 5) is 40.3. The lowest BCUT2D eigenvalue weighted by molar-refractivity contribution is -0.132. The van der Waals surface area contributed by atoms with Crippen LogP contribution in [0.5, 0.6) is 5.75 Å². The van der Waals surface area contributed by atoms with Crippen molar-refractivity contribution in [2.24, 2.45) is 0 Å². The van der Waals surface area contributed by atoms with E-state index in [0.717, 1.165) is 6.42 Å². The fraction of sp³-hybridized carbons (Fsp3) is 0.233. The van der Waals surface area contributed by atoms with Crippen LogP contribution in [0.15, 0.2) is 84.4 Å². The number of aliphatic hydroxyl groups is 1. The van der Waals surface area contributed by atoms with Gasteiger partial charge in [-0.15, -0.1) is 0 Å². The van der Waals surface area contributed by atoms with Gasteiger partial charge in [-0.1, -0.05) is 49.4 Å². The molecule has 0 aromatic heterocycles. The number of carbonyl (C=O) groups excluding carboxylic acids is 3. The Morgan fingerprint density at radius 3 is 2.30 bits per heavy atom. The Balaban J connectivity index is 1.79. The summed E-state index contributed by atoms with van der Waals surface area (Å²) < 4.78 is 10.9. The van der Waals surface area contributed by atoms with Gasteiger partial charge in [0.05, 0.1) is 29.9 Å². The van der Waals surface area contributed by atoms with Crippen molar-refractivity contribution in [3.63, 3.8) is 0 Å². The van der Waals surface area contributed by atoms with Gasteiger partial charge in [0.25, 0.3) is 11.7 Å². The molecule has 1 N–H and O–H groups in total. The van der Waals surface area contributed by atoms with Crippen molar-refractivity contribution in [2.75, 3.05) is 11.5 Å². The van der Waals surface area contributed by atoms with E-state index in [1.54, 1.807) is 86.6 Å². The standard InChI is InChI=1S/C30H29NO6/c1-4-17-36-24-12-8-11-22(18-24)27(32)25-26(20-9-6-5-7-10-20)31(29(34)28(25)33)23-15-13-21(14-16-23)30(35)37-19(2)3/h5-16,18-19,26,32H,4,17H2,1-3H3/b27-25+. The zero-order chi connectivity index (χ0) is 26.5. The third kappa shape index (κ3) is 5.40. The zero-order valence-corrected chi connectivity index (χ0v) is 21.0. The molecule has 1 heterocycles. The maximum absolute atomic E-state index is 13.3. The number of amides is 1. The molecule has 1 aliphatic rings. The minimum Gasteiger partial charge on any atom is -0.507 e. The maximum atomic E-state index is 13.3. The molecule has 0 spiro atoms. The SMILES string of the molecule is CCCOc1cccc(/C(O)=C2\C(=O)C(=O)N(c3ccc(C(=O)OC(C)C)cc3)C2c2ccccc2)c1. The highest BCUT2D eigenvalue weighted by Crippen LogP contribution is 2.42. The highest BCUT2D eigenvalue weighted by atomic mass is 16.5. The van der Waals surface area contributed by atoms with Crippen molar-refractivity contribution in [1.82, 2.24) is 0 Å². The Labute approximate surface area is 215 Å². The van der Waals surface area contributed by atoms with Gasteiger partial charge in [-0.05, 0) is 62.2 Å². The number of esters is 1. The van der Waals surface area contributed by atoms with Crippen molar-refractivity contribution in [3.05, 3.63) is 101 Å². The molecular weight excluding hydrogens is 470 g/mol. The lowest BCUT2D eigenvalue weighted by atomic mass is 9.95. The third-order valence-electron chi connectivity index (χ3n) is 5.86. The molecule has 37 heavy (non-hydrogen) atoms. The first-order valence-electron chi connectivity index (χ1n) is 12.2. The van der Waals surface area contributed by atoms with E-state index in [2.05, 4.69) is 0 Å². The number of rotatable bonds is 8. The van der Waals surface area contributed by atoms with E-state index >= 15 is 0 Å². The number of aliphatic hydroxyl groups excluding tert-OH is 1. The Hall–Kier alpha value is -4.39. The summed E-state index contributed by atoms with van der Waals surface area (Å²) in [6.07, 6.45) is 0.553. The number of nitrogens with zero attached hydrogens (tertiary/aromatic N) is 1. The molecular formula is C30H29NO6. The second-order valence-corrected chi connectivity index (χ2v) is 8.96. The maximum Gasteiger partial charge on any atom is 0.338 e. The highest BCUT2D eigenvalue weighted by Gasteiger charge is 2.47. The second-order valence-electron chi connectivity index (χ2n) is 8.96. The van der Waals surface area contributed by atoms with E-state index in [1.165, 1.54) is 4.90 Å². The smallest absolute Gasteiger partial charge is 0.338 e. The summed E-state index contributed by atoms with van der Waals surface area (Å²) in [5.41, 5.74) is 1.75. The van der Waals surface area contributed by atoms with Crippen LogP contribution in [0.3, 0.4) is 0 Å². The number of anilines is 1. The van der Waals surface area contributed by atoms with Gasteiger partial charge < -0.3 is 14.6 Å². The predicted octanol–water partition coefficient (Wildman–Crippen LogP) is 5.67. The van der Waals surface area contributed by atoms with Crippen molar-refractivity contribution in [1.29, 1.82) is 0 Å². The summed E-state index contributed by atoms with van der Waals surface area (Å²) >= 11 is 0. The van der Waals surface area contributed by atoms with Gasteiger partial charge in [-0.2, -0.15) is 0 Å². The number of Topliss-reactive ketones (excluding diaryl/α,β-unsaturated/α-hetero) is 1. The molecule has 1 atom stereocenters. The summed E-state index contributed by atoms with van der Waals surface area (Å²) in [7, 11) is 0. The highest BCUT2D eigenvalue weighted by molar-refractivity contribution is 6.51. The number of benzene rings is 3. The third-order valence-corrected chi connectivity index (χ3v) is 5.86. The Morgan fingerprint density at radius 2 is 1.65 bits per heavy atom. The lowest BCUT2D eigenvalue weighted by Crippen LogP contribution is -2.29. The Morgan fingerprint density at radius 1 is 0.946 bits per heavy atom. The van der Waals surface area contributed by atoms with Gasteiger partial charge in [0, 0.05) is 11.3 Å². The molecule has 0 saturated carbocycles. The first-order chi connectivity index (χ1) is 17.8. The Bertz CT molecular complexity index is 1330. The molecule has 0 radical (unpaired) electrons. The normalized spacial score (nSPS) is 16.8. The molecule has 0 aliphatic carbocycles. The molecule has 4 rings (SSSR count). The molecule has 1 unspecified atom stereocenters. The largest absolute Gasteiger partial charge is 0.507 e. The zero-order valence-electron chi connectivity index (χ0n) is 21.0. The summed E-state index contributed by atoms with van der Waals surface area (Å²) in [5.74, 6) is -1.77. The fourth-order valence-electron chi connectivity index (χ4n) is 4.20. The average Bonchev–Trinajstić information content (AvgIpc) is 3.17. The molecule has 7 nitrogen and oxygen atoms in total. The summed E-state index contributed by atoms with van der Waals surface area (Å²) in [5, 5.41) is 11.3. The van der Waals surface area contributed by atoms with Gasteiger partial charge in [-0.3, -0.25) is 14.5 Å². The Kier molecular flexibility index (Phi) is 7.72. The van der Waals surface area contributed by atoms with E-state index < -0.39 is 23.7 Å². The van der Waals surface area contributed by atoms with E-state index in [1.807, 2.05) is 13.0 Å². The van der Waals surface area contributed by atoms with Crippen LogP contribution in [0, 0.1) is 0 Å². The molecule has 0 bridgehead atoms.